The Morgan fingerprint density at radius 1 is 1.16 bits per heavy atom. The van der Waals surface area contributed by atoms with Crippen LogP contribution in [0.3, 0.4) is 0 Å². The predicted octanol–water partition coefficient (Wildman–Crippen LogP) is 5.08. The van der Waals surface area contributed by atoms with Gasteiger partial charge in [0.1, 0.15) is 11.6 Å². The maximum atomic E-state index is 14.2. The molecule has 4 rings (SSSR count). The van der Waals surface area contributed by atoms with E-state index in [1.165, 1.54) is 18.2 Å². The van der Waals surface area contributed by atoms with Crippen molar-refractivity contribution in [2.45, 2.75) is 40.0 Å². The monoisotopic (exact) mass is 439 g/mol. The number of rotatable bonds is 4. The van der Waals surface area contributed by atoms with Gasteiger partial charge in [0.2, 0.25) is 11.8 Å². The van der Waals surface area contributed by atoms with Gasteiger partial charge in [0.25, 0.3) is 0 Å². The second-order valence-electron chi connectivity index (χ2n) is 7.73. The number of hydrogen-bond donors (Lipinski definition) is 2. The molecule has 1 aliphatic rings. The molecule has 4 N–H and O–H groups in total. The molecule has 0 saturated heterocycles. The quantitative estimate of drug-likeness (QED) is 0.587. The molecule has 0 fully saturated rings. The molecule has 0 amide bonds. The summed E-state index contributed by atoms with van der Waals surface area (Å²) in [5, 5.41) is 7.92. The van der Waals surface area contributed by atoms with E-state index in [9.17, 15) is 8.78 Å². The molecule has 0 spiro atoms. The molecule has 0 saturated carbocycles. The van der Waals surface area contributed by atoms with Gasteiger partial charge in [-0.15, -0.1) is 10.2 Å². The Balaban J connectivity index is 0.00000289. The number of allylic oxidation sites excluding steroid dienone is 3. The molecule has 2 atom stereocenters. The lowest BCUT2D eigenvalue weighted by molar-refractivity contribution is 0.497. The molecule has 3 aromatic rings. The van der Waals surface area contributed by atoms with Crippen LogP contribution >= 0.6 is 0 Å². The maximum absolute atomic E-state index is 14.2. The van der Waals surface area contributed by atoms with Gasteiger partial charge >= 0.3 is 0 Å². The SMILES string of the molecule is C.Cc1nnc(-c2ccnc(C3CCC(C)C(/C=C(\N)c4c(F)cccc4F)=C3N)c2)o1. The number of nitrogens with zero attached hydrogens (tertiary/aromatic N) is 3. The largest absolute Gasteiger partial charge is 0.421 e. The van der Waals surface area contributed by atoms with E-state index in [0.29, 0.717) is 17.5 Å². The molecule has 1 aliphatic carbocycles. The van der Waals surface area contributed by atoms with E-state index in [2.05, 4.69) is 15.2 Å². The van der Waals surface area contributed by atoms with Crippen LogP contribution in [0.25, 0.3) is 17.2 Å². The topological polar surface area (TPSA) is 104 Å². The van der Waals surface area contributed by atoms with Gasteiger partial charge in [-0.1, -0.05) is 20.4 Å². The van der Waals surface area contributed by atoms with Gasteiger partial charge in [-0.05, 0) is 54.7 Å². The summed E-state index contributed by atoms with van der Waals surface area (Å²) in [6.07, 6.45) is 4.88. The summed E-state index contributed by atoms with van der Waals surface area (Å²) in [5.41, 5.74) is 15.3. The predicted molar refractivity (Wildman–Crippen MR) is 120 cm³/mol. The van der Waals surface area contributed by atoms with Gasteiger partial charge in [0.05, 0.1) is 11.3 Å². The fourth-order valence-corrected chi connectivity index (χ4v) is 3.94. The second kappa shape index (κ2) is 9.30. The van der Waals surface area contributed by atoms with Crippen LogP contribution in [0.1, 0.15) is 50.3 Å². The van der Waals surface area contributed by atoms with E-state index in [0.717, 1.165) is 29.7 Å². The Labute approximate surface area is 186 Å². The number of halogens is 2. The zero-order valence-corrected chi connectivity index (χ0v) is 17.3. The number of aromatic nitrogens is 3. The summed E-state index contributed by atoms with van der Waals surface area (Å²) in [6.45, 7) is 3.74. The molecule has 0 aliphatic heterocycles. The average Bonchev–Trinajstić information content (AvgIpc) is 3.17. The Morgan fingerprint density at radius 3 is 2.53 bits per heavy atom. The molecular formula is C24H27F2N5O. The van der Waals surface area contributed by atoms with Crippen molar-refractivity contribution in [2.24, 2.45) is 17.4 Å². The highest BCUT2D eigenvalue weighted by Crippen LogP contribution is 2.39. The van der Waals surface area contributed by atoms with Gasteiger partial charge in [0, 0.05) is 36.0 Å². The summed E-state index contributed by atoms with van der Waals surface area (Å²) in [7, 11) is 0. The van der Waals surface area contributed by atoms with Gasteiger partial charge in [0.15, 0.2) is 0 Å². The van der Waals surface area contributed by atoms with Gasteiger partial charge < -0.3 is 15.9 Å². The van der Waals surface area contributed by atoms with Crippen LogP contribution < -0.4 is 11.5 Å². The van der Waals surface area contributed by atoms with Crippen molar-refractivity contribution in [3.8, 4) is 11.5 Å². The first-order valence-electron chi connectivity index (χ1n) is 10.0. The lowest BCUT2D eigenvalue weighted by Crippen LogP contribution is -2.22. The molecule has 0 bridgehead atoms. The number of pyridine rings is 1. The molecular weight excluding hydrogens is 412 g/mol. The average molecular weight is 440 g/mol. The molecule has 2 unspecified atom stereocenters. The van der Waals surface area contributed by atoms with E-state index < -0.39 is 11.6 Å². The van der Waals surface area contributed by atoms with Crippen LogP contribution in [0.5, 0.6) is 0 Å². The molecule has 2 heterocycles. The zero-order chi connectivity index (χ0) is 22.1. The lowest BCUT2D eigenvalue weighted by atomic mass is 9.78. The first kappa shape index (κ1) is 23.1. The van der Waals surface area contributed by atoms with E-state index >= 15 is 0 Å². The van der Waals surface area contributed by atoms with E-state index in [-0.39, 0.29) is 30.5 Å². The van der Waals surface area contributed by atoms with Crippen LogP contribution in [0.15, 0.2) is 58.3 Å². The van der Waals surface area contributed by atoms with Gasteiger partial charge in [-0.25, -0.2) is 8.78 Å². The molecule has 6 nitrogen and oxygen atoms in total. The van der Waals surface area contributed by atoms with Crippen molar-refractivity contribution in [1.82, 2.24) is 15.2 Å². The van der Waals surface area contributed by atoms with Crippen LogP contribution in [0, 0.1) is 24.5 Å². The summed E-state index contributed by atoms with van der Waals surface area (Å²) in [4.78, 5) is 4.49. The molecule has 168 valence electrons. The Kier molecular flexibility index (Phi) is 6.72. The number of benzene rings is 1. The second-order valence-corrected chi connectivity index (χ2v) is 7.73. The Morgan fingerprint density at radius 2 is 1.88 bits per heavy atom. The minimum atomic E-state index is -0.711. The number of aryl methyl sites for hydroxylation is 1. The molecule has 32 heavy (non-hydrogen) atoms. The third-order valence-electron chi connectivity index (χ3n) is 5.60. The molecule has 8 heteroatoms. The summed E-state index contributed by atoms with van der Waals surface area (Å²) in [6, 6.07) is 7.33. The molecule has 1 aromatic carbocycles. The summed E-state index contributed by atoms with van der Waals surface area (Å²) >= 11 is 0. The minimum absolute atomic E-state index is 0. The fraction of sp³-hybridized carbons (Fsp3) is 0.292. The third-order valence-corrected chi connectivity index (χ3v) is 5.60. The zero-order valence-electron chi connectivity index (χ0n) is 17.3. The maximum Gasteiger partial charge on any atom is 0.247 e. The van der Waals surface area contributed by atoms with E-state index in [1.807, 2.05) is 13.0 Å². The van der Waals surface area contributed by atoms with Crippen molar-refractivity contribution in [3.05, 3.63) is 82.7 Å². The summed E-state index contributed by atoms with van der Waals surface area (Å²) in [5.74, 6) is -0.611. The van der Waals surface area contributed by atoms with Crippen LogP contribution in [-0.4, -0.2) is 15.2 Å². The standard InChI is InChI=1S/C23H23F2N5O.CH4/c1-12-6-7-15(20-10-14(8-9-28-20)23-30-29-13(2)31-23)22(27)16(12)11-19(26)21-17(24)4-3-5-18(21)25;/h3-5,8-12,15H,6-7,26-27H2,1-2H3;1H4/b19-11-;. The molecule has 0 radical (unpaired) electrons. The van der Waals surface area contributed by atoms with Gasteiger partial charge in [-0.3, -0.25) is 4.98 Å². The van der Waals surface area contributed by atoms with Crippen molar-refractivity contribution in [2.75, 3.05) is 0 Å². The van der Waals surface area contributed by atoms with Crippen molar-refractivity contribution >= 4 is 5.70 Å². The number of nitrogens with two attached hydrogens (primary N) is 2. The van der Waals surface area contributed by atoms with Gasteiger partial charge in [-0.2, -0.15) is 0 Å². The van der Waals surface area contributed by atoms with E-state index in [1.54, 1.807) is 25.3 Å². The Hall–Kier alpha value is -3.55. The Bertz CT molecular complexity index is 1160. The highest BCUT2D eigenvalue weighted by atomic mass is 19.1. The smallest absolute Gasteiger partial charge is 0.247 e. The molecule has 2 aromatic heterocycles. The van der Waals surface area contributed by atoms with E-state index in [4.69, 9.17) is 15.9 Å². The third kappa shape index (κ3) is 4.39. The minimum Gasteiger partial charge on any atom is -0.421 e. The summed E-state index contributed by atoms with van der Waals surface area (Å²) < 4.78 is 33.8. The normalized spacial score (nSPS) is 19.1. The first-order chi connectivity index (χ1) is 14.8. The highest BCUT2D eigenvalue weighted by molar-refractivity contribution is 5.67. The fourth-order valence-electron chi connectivity index (χ4n) is 3.94. The first-order valence-corrected chi connectivity index (χ1v) is 10.0. The van der Waals surface area contributed by atoms with Crippen molar-refractivity contribution < 1.29 is 13.2 Å². The lowest BCUT2D eigenvalue weighted by Gasteiger charge is -2.29. The number of hydrogen-bond acceptors (Lipinski definition) is 6. The van der Waals surface area contributed by atoms with Crippen molar-refractivity contribution in [3.63, 3.8) is 0 Å². The van der Waals surface area contributed by atoms with Crippen LogP contribution in [-0.2, 0) is 0 Å². The van der Waals surface area contributed by atoms with Crippen LogP contribution in [0.4, 0.5) is 8.78 Å². The van der Waals surface area contributed by atoms with Crippen LogP contribution in [0.2, 0.25) is 0 Å². The van der Waals surface area contributed by atoms with Crippen molar-refractivity contribution in [1.29, 1.82) is 0 Å². The highest BCUT2D eigenvalue weighted by Gasteiger charge is 2.28.